The maximum Gasteiger partial charge on any atom is 0.220 e. The Bertz CT molecular complexity index is 1680. The number of rotatable bonds is 77. The second-order valence-electron chi connectivity index (χ2n) is 31.7. The van der Waals surface area contributed by atoms with Crippen LogP contribution < -0.4 is 5.32 Å². The number of nitrogens with one attached hydrogen (secondary N) is 1. The fourth-order valence-electron chi connectivity index (χ4n) is 15.4. The van der Waals surface area contributed by atoms with Crippen LogP contribution in [0, 0.1) is 0 Å². The average Bonchev–Trinajstić information content (AvgIpc) is 0.791. The summed E-state index contributed by atoms with van der Waals surface area (Å²) in [6.45, 7) is 2.96. The quantitative estimate of drug-likeness (QED) is 0.0259. The zero-order chi connectivity index (χ0) is 72.2. The molecule has 0 bridgehead atoms. The lowest BCUT2D eigenvalue weighted by Gasteiger charge is -2.46. The van der Waals surface area contributed by atoms with Gasteiger partial charge >= 0.3 is 0 Å². The van der Waals surface area contributed by atoms with Crippen LogP contribution in [-0.4, -0.2) is 140 Å². The van der Waals surface area contributed by atoms with Crippen molar-refractivity contribution < 1.29 is 64.6 Å². The first-order chi connectivity index (χ1) is 49.1. The summed E-state index contributed by atoms with van der Waals surface area (Å²) in [7, 11) is 0. The summed E-state index contributed by atoms with van der Waals surface area (Å²) in [5.74, 6) is -0.194. The molecule has 2 heterocycles. The van der Waals surface area contributed by atoms with E-state index in [9.17, 15) is 45.6 Å². The third-order valence-corrected chi connectivity index (χ3v) is 22.3. The number of hydrogen-bond donors (Lipinski definition) is 9. The van der Waals surface area contributed by atoms with Gasteiger partial charge in [0, 0.05) is 6.42 Å². The first-order valence-electron chi connectivity index (χ1n) is 44.3. The van der Waals surface area contributed by atoms with E-state index < -0.39 is 86.8 Å². The van der Waals surface area contributed by atoms with E-state index in [1.165, 1.54) is 372 Å². The van der Waals surface area contributed by atoms with E-state index in [4.69, 9.17) is 18.9 Å². The first-order valence-corrected chi connectivity index (χ1v) is 44.3. The molecule has 0 aliphatic carbocycles. The van der Waals surface area contributed by atoms with Gasteiger partial charge in [0.1, 0.15) is 48.8 Å². The van der Waals surface area contributed by atoms with Crippen molar-refractivity contribution in [3.63, 3.8) is 0 Å². The van der Waals surface area contributed by atoms with Crippen LogP contribution in [0.5, 0.6) is 0 Å². The smallest absolute Gasteiger partial charge is 0.220 e. The highest BCUT2D eigenvalue weighted by molar-refractivity contribution is 5.76. The van der Waals surface area contributed by atoms with Gasteiger partial charge in [0.05, 0.1) is 32.0 Å². The zero-order valence-corrected chi connectivity index (χ0v) is 65.8. The van der Waals surface area contributed by atoms with Gasteiger partial charge in [0.25, 0.3) is 0 Å². The maximum atomic E-state index is 13.4. The molecule has 1 amide bonds. The van der Waals surface area contributed by atoms with Crippen molar-refractivity contribution >= 4 is 5.91 Å². The Kier molecular flexibility index (Phi) is 67.4. The van der Waals surface area contributed by atoms with Gasteiger partial charge in [-0.15, -0.1) is 0 Å². The summed E-state index contributed by atoms with van der Waals surface area (Å²) in [5, 5.41) is 88.0. The molecule has 0 radical (unpaired) electrons. The van der Waals surface area contributed by atoms with Crippen LogP contribution in [0.15, 0.2) is 0 Å². The van der Waals surface area contributed by atoms with Gasteiger partial charge in [-0.25, -0.2) is 0 Å². The van der Waals surface area contributed by atoms with Crippen molar-refractivity contribution in [2.45, 2.75) is 524 Å². The van der Waals surface area contributed by atoms with E-state index in [-0.39, 0.29) is 12.5 Å². The Morgan fingerprint density at radius 3 is 0.850 bits per heavy atom. The predicted octanol–water partition coefficient (Wildman–Crippen LogP) is 21.0. The fourth-order valence-corrected chi connectivity index (χ4v) is 15.4. The summed E-state index contributed by atoms with van der Waals surface area (Å²) >= 11 is 0. The molecule has 0 aromatic rings. The van der Waals surface area contributed by atoms with Crippen molar-refractivity contribution in [3.05, 3.63) is 0 Å². The Morgan fingerprint density at radius 1 is 0.320 bits per heavy atom. The SMILES string of the molecule is CCCCCCCCCCCCCCCCCCCCCCCCCCCCCCCCCCCC(=O)NC(COC1OC(CO)C(OC2OC(CO)C(O)C(O)C2O)C(O)C1O)C(O)CCCCCCCCCCCCCCCCCCCCCCCCCCCCCCCCCCC. The highest BCUT2D eigenvalue weighted by Gasteiger charge is 2.51. The molecule has 14 nitrogen and oxygen atoms in total. The van der Waals surface area contributed by atoms with Crippen molar-refractivity contribution in [2.24, 2.45) is 0 Å². The highest BCUT2D eigenvalue weighted by atomic mass is 16.7. The second kappa shape index (κ2) is 70.9. The lowest BCUT2D eigenvalue weighted by Crippen LogP contribution is -2.65. The standard InChI is InChI=1S/C86H169NO13/c1-3-5-7-9-11-13-15-17-19-21-23-25-27-29-31-33-35-37-39-41-43-45-47-49-51-53-55-57-59-61-63-65-67-69-75(90)74(73-97-85-83(96)81(94)84(77(72-89)99-85)100-86-82(95)80(93)79(92)76(71-88)98-86)87-78(91)70-68-66-64-62-60-58-56-54-52-50-48-46-44-42-40-38-36-34-32-30-28-26-24-22-20-18-16-14-12-10-8-6-4-2/h74-77,79-86,88-90,92-96H,3-73H2,1-2H3,(H,87,91). The molecule has 0 aromatic carbocycles. The van der Waals surface area contributed by atoms with Crippen molar-refractivity contribution in [3.8, 4) is 0 Å². The number of ether oxygens (including phenoxy) is 4. The minimum atomic E-state index is -1.78. The third kappa shape index (κ3) is 52.9. The number of carbonyl (C=O) groups is 1. The molecule has 2 rings (SSSR count). The Labute approximate surface area is 616 Å². The van der Waals surface area contributed by atoms with E-state index in [0.29, 0.717) is 12.8 Å². The molecule has 14 heteroatoms. The number of carbonyl (C=O) groups excluding carboxylic acids is 1. The lowest BCUT2D eigenvalue weighted by atomic mass is 9.97. The number of hydrogen-bond acceptors (Lipinski definition) is 13. The van der Waals surface area contributed by atoms with Gasteiger partial charge in [0.15, 0.2) is 12.6 Å². The maximum absolute atomic E-state index is 13.4. The molecule has 2 saturated heterocycles. The number of unbranched alkanes of at least 4 members (excludes halogenated alkanes) is 64. The fraction of sp³-hybridized carbons (Fsp3) is 0.988. The summed E-state index contributed by atoms with van der Waals surface area (Å²) in [4.78, 5) is 13.4. The largest absolute Gasteiger partial charge is 0.394 e. The normalized spacial score (nSPS) is 21.7. The molecule has 12 unspecified atom stereocenters. The second-order valence-corrected chi connectivity index (χ2v) is 31.7. The highest BCUT2D eigenvalue weighted by Crippen LogP contribution is 2.31. The van der Waals surface area contributed by atoms with Crippen molar-refractivity contribution in [1.29, 1.82) is 0 Å². The van der Waals surface area contributed by atoms with Gasteiger partial charge in [-0.05, 0) is 12.8 Å². The van der Waals surface area contributed by atoms with E-state index >= 15 is 0 Å². The summed E-state index contributed by atoms with van der Waals surface area (Å²) < 4.78 is 23.0. The monoisotopic (exact) mass is 1420 g/mol. The summed E-state index contributed by atoms with van der Waals surface area (Å²) in [6, 6.07) is -0.826. The van der Waals surface area contributed by atoms with Crippen LogP contribution in [0.25, 0.3) is 0 Å². The minimum Gasteiger partial charge on any atom is -0.394 e. The van der Waals surface area contributed by atoms with Gasteiger partial charge in [-0.1, -0.05) is 431 Å². The van der Waals surface area contributed by atoms with Crippen LogP contribution in [0.4, 0.5) is 0 Å². The van der Waals surface area contributed by atoms with Crippen molar-refractivity contribution in [1.82, 2.24) is 5.32 Å². The molecular weight excluding hydrogens is 1250 g/mol. The molecule has 2 aliphatic heterocycles. The van der Waals surface area contributed by atoms with E-state index in [1.807, 2.05) is 0 Å². The van der Waals surface area contributed by atoms with E-state index in [2.05, 4.69) is 19.2 Å². The molecule has 2 aliphatic rings. The van der Waals surface area contributed by atoms with Gasteiger partial charge in [-0.3, -0.25) is 4.79 Å². The molecule has 0 spiro atoms. The number of amides is 1. The van der Waals surface area contributed by atoms with Crippen molar-refractivity contribution in [2.75, 3.05) is 19.8 Å². The van der Waals surface area contributed by atoms with Gasteiger partial charge < -0.3 is 65.1 Å². The number of aliphatic hydroxyl groups is 8. The van der Waals surface area contributed by atoms with Crippen LogP contribution >= 0.6 is 0 Å². The molecule has 0 aromatic heterocycles. The van der Waals surface area contributed by atoms with Crippen LogP contribution in [0.1, 0.15) is 450 Å². The molecule has 12 atom stereocenters. The average molecular weight is 1430 g/mol. The van der Waals surface area contributed by atoms with E-state index in [1.54, 1.807) is 0 Å². The third-order valence-electron chi connectivity index (χ3n) is 22.3. The Morgan fingerprint density at radius 2 is 0.570 bits per heavy atom. The molecule has 2 fully saturated rings. The minimum absolute atomic E-state index is 0.194. The Balaban J connectivity index is 1.56. The zero-order valence-electron chi connectivity index (χ0n) is 65.8. The molecule has 100 heavy (non-hydrogen) atoms. The Hall–Kier alpha value is -1.01. The van der Waals surface area contributed by atoms with Crippen LogP contribution in [0.3, 0.4) is 0 Å². The molecule has 0 saturated carbocycles. The molecule has 9 N–H and O–H groups in total. The topological polar surface area (TPSA) is 228 Å². The predicted molar refractivity (Wildman–Crippen MR) is 416 cm³/mol. The van der Waals surface area contributed by atoms with Crippen LogP contribution in [-0.2, 0) is 23.7 Å². The molecule has 596 valence electrons. The lowest BCUT2D eigenvalue weighted by molar-refractivity contribution is -0.359. The van der Waals surface area contributed by atoms with Gasteiger partial charge in [0.2, 0.25) is 5.91 Å². The summed E-state index contributed by atoms with van der Waals surface area (Å²) in [6.07, 6.45) is 73.2. The molecular formula is C86H169NO13. The number of aliphatic hydroxyl groups excluding tert-OH is 8. The van der Waals surface area contributed by atoms with Gasteiger partial charge in [-0.2, -0.15) is 0 Å². The van der Waals surface area contributed by atoms with E-state index in [0.717, 1.165) is 51.4 Å². The first kappa shape index (κ1) is 95.1. The van der Waals surface area contributed by atoms with Crippen LogP contribution in [0.2, 0.25) is 0 Å². The summed E-state index contributed by atoms with van der Waals surface area (Å²) in [5.41, 5.74) is 0.